The van der Waals surface area contributed by atoms with E-state index in [-0.39, 0.29) is 17.8 Å². The van der Waals surface area contributed by atoms with Crippen LogP contribution in [0.3, 0.4) is 0 Å². The number of benzene rings is 1. The maximum atomic E-state index is 12.9. The highest BCUT2D eigenvalue weighted by atomic mass is 16.5. The number of nitrogens with zero attached hydrogens (tertiary/aromatic N) is 4. The minimum Gasteiger partial charge on any atom is -0.497 e. The molecular weight excluding hydrogens is 348 g/mol. The standard InChI is InChI=1S/C19H24N4O4/c1-4-27-19(25)14-7-6-10-22(12-14)18(24)17-13(2)23(21-20-17)15-8-5-9-16(11-15)26-3/h5,8-9,11,14H,4,6-7,10,12H2,1-3H3. The molecular formula is C19H24N4O4. The third-order valence-corrected chi connectivity index (χ3v) is 4.72. The molecule has 1 atom stereocenters. The summed E-state index contributed by atoms with van der Waals surface area (Å²) in [4.78, 5) is 26.6. The highest BCUT2D eigenvalue weighted by Gasteiger charge is 2.31. The number of methoxy groups -OCH3 is 1. The van der Waals surface area contributed by atoms with Crippen LogP contribution < -0.4 is 4.74 Å². The molecule has 1 aliphatic rings. The van der Waals surface area contributed by atoms with Crippen LogP contribution in [0, 0.1) is 12.8 Å². The van der Waals surface area contributed by atoms with Gasteiger partial charge < -0.3 is 14.4 Å². The molecule has 27 heavy (non-hydrogen) atoms. The van der Waals surface area contributed by atoms with Crippen LogP contribution in [0.5, 0.6) is 5.75 Å². The first kappa shape index (κ1) is 18.9. The fourth-order valence-electron chi connectivity index (χ4n) is 3.28. The lowest BCUT2D eigenvalue weighted by molar-refractivity contribution is -0.149. The van der Waals surface area contributed by atoms with Gasteiger partial charge in [0.25, 0.3) is 5.91 Å². The van der Waals surface area contributed by atoms with Crippen molar-refractivity contribution < 1.29 is 19.1 Å². The van der Waals surface area contributed by atoms with Crippen LogP contribution in [0.1, 0.15) is 35.9 Å². The van der Waals surface area contributed by atoms with Gasteiger partial charge in [-0.25, -0.2) is 4.68 Å². The van der Waals surface area contributed by atoms with Crippen molar-refractivity contribution in [3.63, 3.8) is 0 Å². The number of carbonyl (C=O) groups is 2. The van der Waals surface area contributed by atoms with E-state index in [1.807, 2.05) is 24.3 Å². The Morgan fingerprint density at radius 3 is 2.89 bits per heavy atom. The number of esters is 1. The lowest BCUT2D eigenvalue weighted by Crippen LogP contribution is -2.43. The zero-order valence-electron chi connectivity index (χ0n) is 15.8. The molecule has 8 nitrogen and oxygen atoms in total. The van der Waals surface area contributed by atoms with E-state index in [0.29, 0.717) is 36.8 Å². The van der Waals surface area contributed by atoms with E-state index in [1.165, 1.54) is 0 Å². The van der Waals surface area contributed by atoms with E-state index in [9.17, 15) is 9.59 Å². The van der Waals surface area contributed by atoms with Crippen LogP contribution >= 0.6 is 0 Å². The fourth-order valence-corrected chi connectivity index (χ4v) is 3.28. The molecule has 0 aliphatic carbocycles. The van der Waals surface area contributed by atoms with Crippen molar-refractivity contribution in [3.05, 3.63) is 35.7 Å². The number of ether oxygens (including phenoxy) is 2. The summed E-state index contributed by atoms with van der Waals surface area (Å²) in [5, 5.41) is 8.23. The largest absolute Gasteiger partial charge is 0.497 e. The Kier molecular flexibility index (Phi) is 5.73. The molecule has 3 rings (SSSR count). The molecule has 1 aromatic heterocycles. The number of aromatic nitrogens is 3. The minimum atomic E-state index is -0.281. The third-order valence-electron chi connectivity index (χ3n) is 4.72. The second-order valence-electron chi connectivity index (χ2n) is 6.48. The molecule has 1 aromatic carbocycles. The third kappa shape index (κ3) is 3.94. The molecule has 1 unspecified atom stereocenters. The minimum absolute atomic E-state index is 0.212. The number of piperidine rings is 1. The molecule has 1 fully saturated rings. The van der Waals surface area contributed by atoms with Crippen molar-refractivity contribution in [1.29, 1.82) is 0 Å². The number of hydrogen-bond donors (Lipinski definition) is 0. The van der Waals surface area contributed by atoms with E-state index in [0.717, 1.165) is 18.5 Å². The molecule has 0 N–H and O–H groups in total. The van der Waals surface area contributed by atoms with Crippen molar-refractivity contribution in [2.45, 2.75) is 26.7 Å². The van der Waals surface area contributed by atoms with E-state index in [4.69, 9.17) is 9.47 Å². The average Bonchev–Trinajstić information content (AvgIpc) is 3.09. The Bertz CT molecular complexity index is 833. The summed E-state index contributed by atoms with van der Waals surface area (Å²) in [6, 6.07) is 7.39. The van der Waals surface area contributed by atoms with Crippen LogP contribution in [0.15, 0.2) is 24.3 Å². The maximum Gasteiger partial charge on any atom is 0.310 e. The predicted molar refractivity (Wildman–Crippen MR) is 97.9 cm³/mol. The van der Waals surface area contributed by atoms with E-state index >= 15 is 0 Å². The van der Waals surface area contributed by atoms with Gasteiger partial charge in [0.2, 0.25) is 0 Å². The number of rotatable bonds is 5. The van der Waals surface area contributed by atoms with E-state index in [2.05, 4.69) is 10.3 Å². The van der Waals surface area contributed by atoms with Crippen LogP contribution in [0.25, 0.3) is 5.69 Å². The van der Waals surface area contributed by atoms with Gasteiger partial charge in [-0.3, -0.25) is 9.59 Å². The molecule has 0 spiro atoms. The molecule has 8 heteroatoms. The Balaban J connectivity index is 1.79. The molecule has 2 aromatic rings. The van der Waals surface area contributed by atoms with Crippen LogP contribution in [0.4, 0.5) is 0 Å². The summed E-state index contributed by atoms with van der Waals surface area (Å²) in [7, 11) is 1.60. The van der Waals surface area contributed by atoms with Gasteiger partial charge in [0, 0.05) is 19.2 Å². The van der Waals surface area contributed by atoms with E-state index in [1.54, 1.807) is 30.5 Å². The van der Waals surface area contributed by atoms with Crippen molar-refractivity contribution in [1.82, 2.24) is 19.9 Å². The number of hydrogen-bond acceptors (Lipinski definition) is 6. The first-order valence-electron chi connectivity index (χ1n) is 9.07. The second-order valence-corrected chi connectivity index (χ2v) is 6.48. The van der Waals surface area contributed by atoms with Gasteiger partial charge in [-0.05, 0) is 38.8 Å². The van der Waals surface area contributed by atoms with Gasteiger partial charge in [-0.2, -0.15) is 0 Å². The van der Waals surface area contributed by atoms with Crippen molar-refractivity contribution in [3.8, 4) is 11.4 Å². The molecule has 1 saturated heterocycles. The molecule has 2 heterocycles. The van der Waals surface area contributed by atoms with Crippen LogP contribution in [0.2, 0.25) is 0 Å². The Labute approximate surface area is 158 Å². The highest BCUT2D eigenvalue weighted by Crippen LogP contribution is 2.22. The van der Waals surface area contributed by atoms with Gasteiger partial charge in [0.05, 0.1) is 31.0 Å². The molecule has 1 aliphatic heterocycles. The molecule has 1 amide bonds. The van der Waals surface area contributed by atoms with Crippen molar-refractivity contribution >= 4 is 11.9 Å². The van der Waals surface area contributed by atoms with Gasteiger partial charge in [-0.15, -0.1) is 5.10 Å². The number of likely N-dealkylation sites (tertiary alicyclic amines) is 1. The zero-order valence-corrected chi connectivity index (χ0v) is 15.8. The topological polar surface area (TPSA) is 86.5 Å². The quantitative estimate of drug-likeness (QED) is 0.746. The predicted octanol–water partition coefficient (Wildman–Crippen LogP) is 2.00. The van der Waals surface area contributed by atoms with Gasteiger partial charge in [0.15, 0.2) is 5.69 Å². The average molecular weight is 372 g/mol. The Morgan fingerprint density at radius 1 is 1.33 bits per heavy atom. The smallest absolute Gasteiger partial charge is 0.310 e. The second kappa shape index (κ2) is 8.20. The zero-order chi connectivity index (χ0) is 19.4. The molecule has 0 radical (unpaired) electrons. The van der Waals surface area contributed by atoms with Gasteiger partial charge in [0.1, 0.15) is 5.75 Å². The SMILES string of the molecule is CCOC(=O)C1CCCN(C(=O)c2nnn(-c3cccc(OC)c3)c2C)C1. The molecule has 0 saturated carbocycles. The summed E-state index contributed by atoms with van der Waals surface area (Å²) >= 11 is 0. The number of amides is 1. The van der Waals surface area contributed by atoms with Crippen molar-refractivity contribution in [2.24, 2.45) is 5.92 Å². The number of carbonyl (C=O) groups excluding carboxylic acids is 2. The highest BCUT2D eigenvalue weighted by molar-refractivity contribution is 5.93. The van der Waals surface area contributed by atoms with Crippen molar-refractivity contribution in [2.75, 3.05) is 26.8 Å². The summed E-state index contributed by atoms with van der Waals surface area (Å²) < 4.78 is 12.0. The maximum absolute atomic E-state index is 12.9. The lowest BCUT2D eigenvalue weighted by Gasteiger charge is -2.31. The fraction of sp³-hybridized carbons (Fsp3) is 0.474. The lowest BCUT2D eigenvalue weighted by atomic mass is 9.98. The Morgan fingerprint density at radius 2 is 2.15 bits per heavy atom. The van der Waals surface area contributed by atoms with Crippen LogP contribution in [-0.4, -0.2) is 58.6 Å². The molecule has 0 bridgehead atoms. The van der Waals surface area contributed by atoms with Gasteiger partial charge in [-0.1, -0.05) is 11.3 Å². The summed E-state index contributed by atoms with van der Waals surface area (Å²) in [5.41, 5.74) is 1.70. The molecule has 144 valence electrons. The summed E-state index contributed by atoms with van der Waals surface area (Å²) in [6.45, 7) is 4.88. The Hall–Kier alpha value is -2.90. The first-order valence-corrected chi connectivity index (χ1v) is 9.07. The van der Waals surface area contributed by atoms with E-state index < -0.39 is 0 Å². The van der Waals surface area contributed by atoms with Gasteiger partial charge >= 0.3 is 5.97 Å². The summed E-state index contributed by atoms with van der Waals surface area (Å²) in [6.07, 6.45) is 1.50. The monoisotopic (exact) mass is 372 g/mol. The normalized spacial score (nSPS) is 16.9. The van der Waals surface area contributed by atoms with Crippen LogP contribution in [-0.2, 0) is 9.53 Å². The summed E-state index contributed by atoms with van der Waals surface area (Å²) in [5.74, 6) is -0.0395. The first-order chi connectivity index (χ1) is 13.0.